The first-order valence-corrected chi connectivity index (χ1v) is 10.1. The van der Waals surface area contributed by atoms with Gasteiger partial charge in [-0.15, -0.1) is 0 Å². The monoisotopic (exact) mass is 384 g/mol. The Kier molecular flexibility index (Phi) is 5.51. The molecule has 28 heavy (non-hydrogen) atoms. The zero-order valence-corrected chi connectivity index (χ0v) is 16.7. The Balaban J connectivity index is 1.76. The summed E-state index contributed by atoms with van der Waals surface area (Å²) in [6.45, 7) is 7.48. The van der Waals surface area contributed by atoms with Gasteiger partial charge in [0.2, 0.25) is 0 Å². The molecule has 2 aliphatic rings. The molecule has 4 rings (SSSR count). The molecule has 5 nitrogen and oxygen atoms in total. The summed E-state index contributed by atoms with van der Waals surface area (Å²) in [5.41, 5.74) is 10.1. The first-order chi connectivity index (χ1) is 13.5. The van der Waals surface area contributed by atoms with Crippen molar-refractivity contribution in [3.05, 3.63) is 41.3 Å². The van der Waals surface area contributed by atoms with Gasteiger partial charge in [-0.3, -0.25) is 0 Å². The van der Waals surface area contributed by atoms with Crippen LogP contribution in [-0.4, -0.2) is 56.3 Å². The number of piperazine rings is 1. The molecule has 0 amide bonds. The molecule has 150 valence electrons. The van der Waals surface area contributed by atoms with Crippen molar-refractivity contribution >= 4 is 11.5 Å². The van der Waals surface area contributed by atoms with E-state index in [1.165, 1.54) is 6.07 Å². The molecule has 2 aromatic rings. The Morgan fingerprint density at radius 3 is 2.50 bits per heavy atom. The number of nitrogens with two attached hydrogens (primary N) is 1. The number of ether oxygens (including phenoxy) is 1. The lowest BCUT2D eigenvalue weighted by molar-refractivity contribution is 0.0845. The first-order valence-electron chi connectivity index (χ1n) is 10.1. The number of hydrogen-bond acceptors (Lipinski definition) is 5. The largest absolute Gasteiger partial charge is 0.396 e. The van der Waals surface area contributed by atoms with E-state index in [1.807, 2.05) is 6.92 Å². The van der Waals surface area contributed by atoms with Crippen LogP contribution in [0.1, 0.15) is 30.0 Å². The number of benzene rings is 1. The van der Waals surface area contributed by atoms with Gasteiger partial charge in [-0.2, -0.15) is 0 Å². The fraction of sp³-hybridized carbons (Fsp3) is 0.500. The molecule has 0 aliphatic carbocycles. The van der Waals surface area contributed by atoms with E-state index < -0.39 is 0 Å². The molecule has 0 atom stereocenters. The fourth-order valence-electron chi connectivity index (χ4n) is 4.09. The average molecular weight is 384 g/mol. The van der Waals surface area contributed by atoms with Gasteiger partial charge in [0.1, 0.15) is 11.6 Å². The minimum Gasteiger partial charge on any atom is -0.396 e. The average Bonchev–Trinajstić information content (AvgIpc) is 2.71. The van der Waals surface area contributed by atoms with Gasteiger partial charge >= 0.3 is 0 Å². The van der Waals surface area contributed by atoms with Crippen molar-refractivity contribution in [2.45, 2.75) is 25.7 Å². The van der Waals surface area contributed by atoms with Crippen LogP contribution in [0.15, 0.2) is 24.3 Å². The van der Waals surface area contributed by atoms with E-state index >= 15 is 0 Å². The topological polar surface area (TPSA) is 54.6 Å². The number of nitrogen functional groups attached to an aromatic ring is 1. The van der Waals surface area contributed by atoms with Gasteiger partial charge in [0, 0.05) is 51.0 Å². The highest BCUT2D eigenvalue weighted by molar-refractivity contribution is 5.73. The Morgan fingerprint density at radius 1 is 1.07 bits per heavy atom. The summed E-state index contributed by atoms with van der Waals surface area (Å²) in [6.07, 6.45) is 1.98. The highest BCUT2D eigenvalue weighted by Crippen LogP contribution is 2.34. The first kappa shape index (κ1) is 19.2. The van der Waals surface area contributed by atoms with E-state index in [0.717, 1.165) is 80.4 Å². The fourth-order valence-corrected chi connectivity index (χ4v) is 4.09. The van der Waals surface area contributed by atoms with E-state index in [1.54, 1.807) is 6.07 Å². The van der Waals surface area contributed by atoms with Crippen LogP contribution in [0.25, 0.3) is 11.1 Å². The van der Waals surface area contributed by atoms with Gasteiger partial charge in [-0.05, 0) is 67.8 Å². The maximum Gasteiger partial charge on any atom is 0.146 e. The molecule has 0 unspecified atom stereocenters. The lowest BCUT2D eigenvalue weighted by Gasteiger charge is -2.34. The van der Waals surface area contributed by atoms with Crippen LogP contribution in [0, 0.1) is 12.7 Å². The molecule has 0 spiro atoms. The van der Waals surface area contributed by atoms with Crippen LogP contribution in [-0.2, 0) is 4.74 Å². The number of halogens is 1. The second kappa shape index (κ2) is 8.05. The van der Waals surface area contributed by atoms with Gasteiger partial charge in [-0.25, -0.2) is 9.37 Å². The van der Waals surface area contributed by atoms with Crippen molar-refractivity contribution in [3.8, 4) is 11.1 Å². The third-order valence-corrected chi connectivity index (χ3v) is 5.95. The maximum atomic E-state index is 13.9. The predicted molar refractivity (Wildman–Crippen MR) is 111 cm³/mol. The number of pyridine rings is 1. The summed E-state index contributed by atoms with van der Waals surface area (Å²) in [5.74, 6) is 1.05. The van der Waals surface area contributed by atoms with E-state index in [2.05, 4.69) is 29.0 Å². The summed E-state index contributed by atoms with van der Waals surface area (Å²) in [7, 11) is 2.15. The quantitative estimate of drug-likeness (QED) is 0.822. The van der Waals surface area contributed by atoms with Crippen LogP contribution in [0.2, 0.25) is 0 Å². The number of nitrogens with zero attached hydrogens (tertiary/aromatic N) is 3. The van der Waals surface area contributed by atoms with Crippen LogP contribution in [0.4, 0.5) is 15.9 Å². The van der Waals surface area contributed by atoms with Crippen molar-refractivity contribution < 1.29 is 9.13 Å². The van der Waals surface area contributed by atoms with Crippen LogP contribution < -0.4 is 10.6 Å². The number of hydrogen-bond donors (Lipinski definition) is 1. The molecule has 2 N–H and O–H groups in total. The normalized spacial score (nSPS) is 19.2. The molecular formula is C22H29FN4O. The van der Waals surface area contributed by atoms with Crippen molar-refractivity contribution in [2.24, 2.45) is 0 Å². The Labute approximate surface area is 166 Å². The molecule has 3 heterocycles. The maximum absolute atomic E-state index is 13.9. The van der Waals surface area contributed by atoms with Gasteiger partial charge in [0.05, 0.1) is 5.69 Å². The lowest BCUT2D eigenvalue weighted by atomic mass is 9.92. The molecular weight excluding hydrogens is 355 g/mol. The SMILES string of the molecule is Cc1cc(F)c(N)cc1-c1cc(C2CCOCC2)nc(N2CCN(C)CC2)c1. The zero-order chi connectivity index (χ0) is 19.7. The second-order valence-corrected chi connectivity index (χ2v) is 8.00. The molecule has 6 heteroatoms. The number of likely N-dealkylation sites (N-methyl/N-ethyl adjacent to an activating group) is 1. The number of aryl methyl sites for hydroxylation is 1. The predicted octanol–water partition coefficient (Wildman–Crippen LogP) is 3.42. The third-order valence-electron chi connectivity index (χ3n) is 5.95. The minimum atomic E-state index is -0.362. The summed E-state index contributed by atoms with van der Waals surface area (Å²) >= 11 is 0. The molecule has 2 aliphatic heterocycles. The standard InChI is InChI=1S/C22H29FN4O/c1-15-11-19(23)20(24)14-18(15)17-12-21(16-3-9-28-10-4-16)25-22(13-17)27-7-5-26(2)6-8-27/h11-14,16H,3-10,24H2,1-2H3. The molecule has 0 saturated carbocycles. The van der Waals surface area contributed by atoms with E-state index in [9.17, 15) is 4.39 Å². The Morgan fingerprint density at radius 2 is 1.79 bits per heavy atom. The van der Waals surface area contributed by atoms with Crippen molar-refractivity contribution in [3.63, 3.8) is 0 Å². The summed E-state index contributed by atoms with van der Waals surface area (Å²) in [5, 5.41) is 0. The smallest absolute Gasteiger partial charge is 0.146 e. The highest BCUT2D eigenvalue weighted by atomic mass is 19.1. The van der Waals surface area contributed by atoms with Gasteiger partial charge in [-0.1, -0.05) is 0 Å². The molecule has 0 bridgehead atoms. The van der Waals surface area contributed by atoms with Crippen LogP contribution >= 0.6 is 0 Å². The van der Waals surface area contributed by atoms with Gasteiger partial charge in [0.15, 0.2) is 0 Å². The molecule has 2 fully saturated rings. The van der Waals surface area contributed by atoms with Crippen LogP contribution in [0.3, 0.4) is 0 Å². The number of aromatic nitrogens is 1. The molecule has 0 radical (unpaired) electrons. The molecule has 1 aromatic carbocycles. The highest BCUT2D eigenvalue weighted by Gasteiger charge is 2.22. The second-order valence-electron chi connectivity index (χ2n) is 8.00. The van der Waals surface area contributed by atoms with Gasteiger partial charge in [0.25, 0.3) is 0 Å². The Bertz CT molecular complexity index is 843. The summed E-state index contributed by atoms with van der Waals surface area (Å²) < 4.78 is 19.4. The molecule has 2 saturated heterocycles. The minimum absolute atomic E-state index is 0.186. The summed E-state index contributed by atoms with van der Waals surface area (Å²) in [6, 6.07) is 7.57. The van der Waals surface area contributed by atoms with Crippen LogP contribution in [0.5, 0.6) is 0 Å². The van der Waals surface area contributed by atoms with E-state index in [4.69, 9.17) is 15.5 Å². The lowest BCUT2D eigenvalue weighted by Crippen LogP contribution is -2.44. The third kappa shape index (κ3) is 3.98. The summed E-state index contributed by atoms with van der Waals surface area (Å²) in [4.78, 5) is 9.74. The Hall–Kier alpha value is -2.18. The van der Waals surface area contributed by atoms with E-state index in [-0.39, 0.29) is 11.5 Å². The number of rotatable bonds is 3. The van der Waals surface area contributed by atoms with Gasteiger partial charge < -0.3 is 20.3 Å². The molecule has 1 aromatic heterocycles. The van der Waals surface area contributed by atoms with E-state index in [0.29, 0.717) is 5.92 Å². The zero-order valence-electron chi connectivity index (χ0n) is 16.7. The van der Waals surface area contributed by atoms with Crippen molar-refractivity contribution in [1.82, 2.24) is 9.88 Å². The van der Waals surface area contributed by atoms with Crippen molar-refractivity contribution in [2.75, 3.05) is 57.1 Å². The number of anilines is 2. The van der Waals surface area contributed by atoms with Crippen molar-refractivity contribution in [1.29, 1.82) is 0 Å².